The highest BCUT2D eigenvalue weighted by atomic mass is 35.5. The molecule has 0 saturated carbocycles. The standard InChI is InChI=1S/C12H13ClN2O3S/c1-2-17-6-7-18-10(16)4-3-9-11(13)14-12-15(9)5-8-19-12/h3-5,8H,2,6-7H2,1H3. The smallest absolute Gasteiger partial charge is 0.330 e. The number of aromatic nitrogens is 2. The quantitative estimate of drug-likeness (QED) is 0.467. The summed E-state index contributed by atoms with van der Waals surface area (Å²) in [5.41, 5.74) is 0.666. The van der Waals surface area contributed by atoms with Crippen LogP contribution < -0.4 is 0 Å². The topological polar surface area (TPSA) is 52.8 Å². The van der Waals surface area contributed by atoms with Crippen LogP contribution >= 0.6 is 22.9 Å². The molecule has 2 heterocycles. The number of fused-ring (bicyclic) bond motifs is 1. The zero-order valence-corrected chi connectivity index (χ0v) is 11.9. The van der Waals surface area contributed by atoms with Gasteiger partial charge in [-0.2, -0.15) is 0 Å². The first-order valence-corrected chi connectivity index (χ1v) is 7.01. The highest BCUT2D eigenvalue weighted by Crippen LogP contribution is 2.22. The molecule has 0 bridgehead atoms. The molecule has 0 aliphatic heterocycles. The third-order valence-electron chi connectivity index (χ3n) is 2.31. The van der Waals surface area contributed by atoms with E-state index in [1.165, 1.54) is 17.4 Å². The van der Waals surface area contributed by atoms with E-state index in [4.69, 9.17) is 21.1 Å². The summed E-state index contributed by atoms with van der Waals surface area (Å²) < 4.78 is 11.8. The van der Waals surface area contributed by atoms with Crippen molar-refractivity contribution < 1.29 is 14.3 Å². The largest absolute Gasteiger partial charge is 0.460 e. The number of hydrogen-bond acceptors (Lipinski definition) is 5. The van der Waals surface area contributed by atoms with Gasteiger partial charge in [0, 0.05) is 24.3 Å². The number of halogens is 1. The van der Waals surface area contributed by atoms with Crippen LogP contribution in [0, 0.1) is 0 Å². The van der Waals surface area contributed by atoms with Crippen molar-refractivity contribution in [3.05, 3.63) is 28.5 Å². The van der Waals surface area contributed by atoms with Crippen LogP contribution in [0.4, 0.5) is 0 Å². The van der Waals surface area contributed by atoms with E-state index in [-0.39, 0.29) is 6.61 Å². The molecule has 0 N–H and O–H groups in total. The van der Waals surface area contributed by atoms with E-state index in [1.807, 2.05) is 22.9 Å². The molecule has 0 radical (unpaired) electrons. The molecule has 0 aliphatic rings. The van der Waals surface area contributed by atoms with E-state index < -0.39 is 5.97 Å². The molecule has 2 aromatic heterocycles. The van der Waals surface area contributed by atoms with Gasteiger partial charge < -0.3 is 9.47 Å². The van der Waals surface area contributed by atoms with E-state index in [0.717, 1.165) is 4.96 Å². The summed E-state index contributed by atoms with van der Waals surface area (Å²) in [6, 6.07) is 0. The average molecular weight is 301 g/mol. The van der Waals surface area contributed by atoms with Crippen LogP contribution in [0.1, 0.15) is 12.6 Å². The van der Waals surface area contributed by atoms with Crippen LogP contribution in [0.15, 0.2) is 17.7 Å². The molecule has 19 heavy (non-hydrogen) atoms. The molecule has 2 aromatic rings. The summed E-state index contributed by atoms with van der Waals surface area (Å²) in [5, 5.41) is 2.27. The summed E-state index contributed by atoms with van der Waals surface area (Å²) in [7, 11) is 0. The average Bonchev–Trinajstić information content (AvgIpc) is 2.93. The summed E-state index contributed by atoms with van der Waals surface area (Å²) >= 11 is 7.47. The van der Waals surface area contributed by atoms with Gasteiger partial charge in [-0.25, -0.2) is 9.78 Å². The molecule has 0 aromatic carbocycles. The Balaban J connectivity index is 1.96. The monoisotopic (exact) mass is 300 g/mol. The van der Waals surface area contributed by atoms with Crippen LogP contribution in [-0.2, 0) is 14.3 Å². The summed E-state index contributed by atoms with van der Waals surface area (Å²) in [4.78, 5) is 16.4. The number of esters is 1. The third-order valence-corrected chi connectivity index (χ3v) is 3.34. The van der Waals surface area contributed by atoms with Gasteiger partial charge in [-0.05, 0) is 13.0 Å². The number of carbonyl (C=O) groups is 1. The van der Waals surface area contributed by atoms with Crippen LogP contribution in [0.2, 0.25) is 5.15 Å². The second-order valence-electron chi connectivity index (χ2n) is 3.54. The van der Waals surface area contributed by atoms with Crippen LogP contribution in [-0.4, -0.2) is 35.2 Å². The SMILES string of the molecule is CCOCCOC(=O)C=Cc1c(Cl)nc2sccn12. The lowest BCUT2D eigenvalue weighted by Crippen LogP contribution is -2.08. The zero-order valence-electron chi connectivity index (χ0n) is 10.3. The zero-order chi connectivity index (χ0) is 13.7. The van der Waals surface area contributed by atoms with E-state index in [1.54, 1.807) is 6.08 Å². The molecule has 0 saturated heterocycles. The summed E-state index contributed by atoms with van der Waals surface area (Å²) in [6.45, 7) is 3.13. The maximum Gasteiger partial charge on any atom is 0.330 e. The van der Waals surface area contributed by atoms with Crippen molar-refractivity contribution in [1.82, 2.24) is 9.38 Å². The first-order chi connectivity index (χ1) is 9.22. The van der Waals surface area contributed by atoms with Crippen molar-refractivity contribution in [2.75, 3.05) is 19.8 Å². The Bertz CT molecular complexity index is 591. The number of thiazole rings is 1. The molecule has 0 spiro atoms. The molecule has 2 rings (SSSR count). The van der Waals surface area contributed by atoms with Gasteiger partial charge in [0.25, 0.3) is 0 Å². The second-order valence-corrected chi connectivity index (χ2v) is 4.77. The van der Waals surface area contributed by atoms with Gasteiger partial charge in [0.05, 0.1) is 12.3 Å². The molecule has 102 valence electrons. The molecule has 5 nitrogen and oxygen atoms in total. The van der Waals surface area contributed by atoms with E-state index in [9.17, 15) is 4.79 Å². The van der Waals surface area contributed by atoms with Gasteiger partial charge in [-0.1, -0.05) is 11.6 Å². The minimum absolute atomic E-state index is 0.241. The molecule has 0 unspecified atom stereocenters. The van der Waals surface area contributed by atoms with Gasteiger partial charge >= 0.3 is 5.97 Å². The number of ether oxygens (including phenoxy) is 2. The van der Waals surface area contributed by atoms with Crippen LogP contribution in [0.3, 0.4) is 0 Å². The Morgan fingerprint density at radius 2 is 2.42 bits per heavy atom. The molecule has 0 atom stereocenters. The highest BCUT2D eigenvalue weighted by Gasteiger charge is 2.08. The first kappa shape index (κ1) is 14.0. The Labute approximate surface area is 119 Å². The second kappa shape index (κ2) is 6.70. The van der Waals surface area contributed by atoms with E-state index in [2.05, 4.69) is 4.98 Å². The number of nitrogens with zero attached hydrogens (tertiary/aromatic N) is 2. The fourth-order valence-electron chi connectivity index (χ4n) is 1.47. The molecule has 0 fully saturated rings. The van der Waals surface area contributed by atoms with E-state index >= 15 is 0 Å². The lowest BCUT2D eigenvalue weighted by atomic mass is 10.4. The van der Waals surface area contributed by atoms with Gasteiger partial charge in [-0.3, -0.25) is 4.40 Å². The van der Waals surface area contributed by atoms with E-state index in [0.29, 0.717) is 24.1 Å². The van der Waals surface area contributed by atoms with Crippen molar-refractivity contribution in [3.8, 4) is 0 Å². The van der Waals surface area contributed by atoms with Gasteiger partial charge in [0.2, 0.25) is 0 Å². The Morgan fingerprint density at radius 1 is 1.58 bits per heavy atom. The molecule has 0 aliphatic carbocycles. The maximum atomic E-state index is 11.5. The van der Waals surface area contributed by atoms with Crippen molar-refractivity contribution in [2.45, 2.75) is 6.92 Å². The summed E-state index contributed by atoms with van der Waals surface area (Å²) in [5.74, 6) is -0.430. The molecule has 7 heteroatoms. The highest BCUT2D eigenvalue weighted by molar-refractivity contribution is 7.15. The van der Waals surface area contributed by atoms with Crippen LogP contribution in [0.25, 0.3) is 11.0 Å². The fraction of sp³-hybridized carbons (Fsp3) is 0.333. The molecular formula is C12H13ClN2O3S. The number of imidazole rings is 1. The fourth-order valence-corrected chi connectivity index (χ4v) is 2.47. The minimum atomic E-state index is -0.430. The van der Waals surface area contributed by atoms with Crippen molar-refractivity contribution in [3.63, 3.8) is 0 Å². The van der Waals surface area contributed by atoms with Crippen molar-refractivity contribution in [1.29, 1.82) is 0 Å². The number of rotatable bonds is 6. The van der Waals surface area contributed by atoms with Gasteiger partial charge in [0.1, 0.15) is 6.61 Å². The molecular weight excluding hydrogens is 288 g/mol. The maximum absolute atomic E-state index is 11.5. The Morgan fingerprint density at radius 3 is 3.21 bits per heavy atom. The van der Waals surface area contributed by atoms with Crippen molar-refractivity contribution in [2.24, 2.45) is 0 Å². The van der Waals surface area contributed by atoms with Crippen LogP contribution in [0.5, 0.6) is 0 Å². The Hall–Kier alpha value is -1.37. The lowest BCUT2D eigenvalue weighted by molar-refractivity contribution is -0.139. The summed E-state index contributed by atoms with van der Waals surface area (Å²) in [6.07, 6.45) is 4.77. The lowest BCUT2D eigenvalue weighted by Gasteiger charge is -2.01. The number of carbonyl (C=O) groups excluding carboxylic acids is 1. The predicted molar refractivity (Wildman–Crippen MR) is 74.6 cm³/mol. The predicted octanol–water partition coefficient (Wildman–Crippen LogP) is 2.64. The molecule has 0 amide bonds. The normalized spacial score (nSPS) is 11.5. The first-order valence-electron chi connectivity index (χ1n) is 5.76. The third kappa shape index (κ3) is 3.56. The van der Waals surface area contributed by atoms with Gasteiger partial charge in [0.15, 0.2) is 10.1 Å². The van der Waals surface area contributed by atoms with Gasteiger partial charge in [-0.15, -0.1) is 11.3 Å². The number of hydrogen-bond donors (Lipinski definition) is 0. The minimum Gasteiger partial charge on any atom is -0.460 e. The van der Waals surface area contributed by atoms with Crippen molar-refractivity contribution >= 4 is 39.9 Å². The Kier molecular flexibility index (Phi) is 4.95.